The van der Waals surface area contributed by atoms with Crippen molar-refractivity contribution in [2.45, 2.75) is 6.42 Å². The van der Waals surface area contributed by atoms with E-state index in [4.69, 9.17) is 0 Å². The molecule has 1 amide bonds. The number of amides is 1. The summed E-state index contributed by atoms with van der Waals surface area (Å²) in [5.74, 6) is -0.719. The van der Waals surface area contributed by atoms with Gasteiger partial charge in [0.2, 0.25) is 0 Å². The second-order valence-corrected chi connectivity index (χ2v) is 3.80. The average molecular weight is 219 g/mol. The topological polar surface area (TPSA) is 63.5 Å². The van der Waals surface area contributed by atoms with Gasteiger partial charge >= 0.3 is 5.91 Å². The monoisotopic (exact) mass is 219 g/mol. The fourth-order valence-electron chi connectivity index (χ4n) is 1.88. The average Bonchev–Trinajstić information content (AvgIpc) is 2.71. The van der Waals surface area contributed by atoms with Crippen LogP contribution in [-0.4, -0.2) is 23.6 Å². The van der Waals surface area contributed by atoms with E-state index in [0.29, 0.717) is 5.69 Å². The van der Waals surface area contributed by atoms with Crippen molar-refractivity contribution in [2.24, 2.45) is 12.2 Å². The Kier molecular flexibility index (Phi) is 2.96. The number of aromatic nitrogens is 1. The molecule has 0 bridgehead atoms. The molecule has 84 valence electrons. The van der Waals surface area contributed by atoms with Gasteiger partial charge in [0.1, 0.15) is 5.69 Å². The molecule has 0 atom stereocenters. The Bertz CT molecular complexity index is 460. The molecular formula is C11H13N3O2. The molecule has 0 spiro atoms. The molecule has 1 aliphatic heterocycles. The summed E-state index contributed by atoms with van der Waals surface area (Å²) < 4.78 is 1.64. The normalized spacial score (nSPS) is 15.7. The van der Waals surface area contributed by atoms with Crippen LogP contribution in [0.1, 0.15) is 22.5 Å². The summed E-state index contributed by atoms with van der Waals surface area (Å²) in [4.78, 5) is 21.4. The van der Waals surface area contributed by atoms with Gasteiger partial charge < -0.3 is 9.88 Å². The molecule has 2 rings (SSSR count). The summed E-state index contributed by atoms with van der Waals surface area (Å²) in [6.07, 6.45) is 4.89. The summed E-state index contributed by atoms with van der Waals surface area (Å²) in [7, 11) is 1.74. The maximum Gasteiger partial charge on any atom is 0.333 e. The van der Waals surface area contributed by atoms with Gasteiger partial charge in [-0.25, -0.2) is 0 Å². The van der Waals surface area contributed by atoms with Crippen molar-refractivity contribution >= 4 is 11.5 Å². The molecule has 1 N–H and O–H groups in total. The molecule has 1 aromatic rings. The van der Waals surface area contributed by atoms with E-state index in [2.05, 4.69) is 16.6 Å². The van der Waals surface area contributed by atoms with E-state index in [1.807, 2.05) is 6.20 Å². The van der Waals surface area contributed by atoms with Crippen LogP contribution in [0.3, 0.4) is 0 Å². The lowest BCUT2D eigenvalue weighted by atomic mass is 10.0. The zero-order valence-corrected chi connectivity index (χ0v) is 9.06. The van der Waals surface area contributed by atoms with Crippen LogP contribution in [0, 0.1) is 4.91 Å². The van der Waals surface area contributed by atoms with Gasteiger partial charge in [-0.05, 0) is 30.2 Å². The second kappa shape index (κ2) is 4.40. The molecule has 0 aliphatic carbocycles. The van der Waals surface area contributed by atoms with Crippen molar-refractivity contribution in [3.05, 3.63) is 34.5 Å². The SMILES string of the molecule is Cn1cc(C2=CCNCC2)cc1C(=O)N=O. The Labute approximate surface area is 93.1 Å². The number of hydrogen-bond acceptors (Lipinski definition) is 3. The molecule has 0 saturated carbocycles. The largest absolute Gasteiger partial charge is 0.346 e. The minimum Gasteiger partial charge on any atom is -0.346 e. The fraction of sp³-hybridized carbons (Fsp3) is 0.364. The molecular weight excluding hydrogens is 206 g/mol. The number of carbonyl (C=O) groups is 1. The van der Waals surface area contributed by atoms with Crippen molar-refractivity contribution in [1.29, 1.82) is 0 Å². The minimum atomic E-state index is -0.719. The van der Waals surface area contributed by atoms with Gasteiger partial charge in [0.25, 0.3) is 0 Å². The lowest BCUT2D eigenvalue weighted by Crippen LogP contribution is -2.19. The van der Waals surface area contributed by atoms with E-state index in [1.54, 1.807) is 17.7 Å². The van der Waals surface area contributed by atoms with E-state index < -0.39 is 5.91 Å². The molecule has 0 fully saturated rings. The van der Waals surface area contributed by atoms with E-state index in [9.17, 15) is 9.70 Å². The third kappa shape index (κ3) is 1.94. The summed E-state index contributed by atoms with van der Waals surface area (Å²) in [6.45, 7) is 1.79. The maximum absolute atomic E-state index is 11.2. The first-order valence-corrected chi connectivity index (χ1v) is 5.16. The van der Waals surface area contributed by atoms with Gasteiger partial charge in [0.05, 0.1) is 0 Å². The number of carbonyl (C=O) groups excluding carboxylic acids is 1. The first-order chi connectivity index (χ1) is 7.72. The molecule has 16 heavy (non-hydrogen) atoms. The molecule has 1 aromatic heterocycles. The summed E-state index contributed by atoms with van der Waals surface area (Å²) in [6, 6.07) is 1.72. The van der Waals surface area contributed by atoms with Crippen LogP contribution in [0.4, 0.5) is 0 Å². The van der Waals surface area contributed by atoms with Gasteiger partial charge in [-0.2, -0.15) is 0 Å². The van der Waals surface area contributed by atoms with Crippen LogP contribution in [0.15, 0.2) is 23.5 Å². The van der Waals surface area contributed by atoms with Gasteiger partial charge in [0.15, 0.2) is 0 Å². The van der Waals surface area contributed by atoms with Crippen molar-refractivity contribution in [3.8, 4) is 0 Å². The molecule has 0 unspecified atom stereocenters. The van der Waals surface area contributed by atoms with Crippen molar-refractivity contribution in [1.82, 2.24) is 9.88 Å². The molecule has 0 saturated heterocycles. The van der Waals surface area contributed by atoms with Crippen LogP contribution in [-0.2, 0) is 7.05 Å². The Morgan fingerprint density at radius 3 is 3.00 bits per heavy atom. The van der Waals surface area contributed by atoms with Gasteiger partial charge in [-0.3, -0.25) is 4.79 Å². The van der Waals surface area contributed by atoms with E-state index in [1.165, 1.54) is 5.57 Å². The van der Waals surface area contributed by atoms with E-state index in [-0.39, 0.29) is 0 Å². The lowest BCUT2D eigenvalue weighted by Gasteiger charge is -2.12. The Morgan fingerprint density at radius 2 is 2.38 bits per heavy atom. The summed E-state index contributed by atoms with van der Waals surface area (Å²) in [5.41, 5.74) is 2.54. The quantitative estimate of drug-likeness (QED) is 0.763. The van der Waals surface area contributed by atoms with E-state index >= 15 is 0 Å². The number of nitrogens with one attached hydrogen (secondary N) is 1. The number of rotatable bonds is 2. The highest BCUT2D eigenvalue weighted by Crippen LogP contribution is 2.22. The zero-order valence-electron chi connectivity index (χ0n) is 9.06. The number of nitrogens with zero attached hydrogens (tertiary/aromatic N) is 2. The van der Waals surface area contributed by atoms with E-state index in [0.717, 1.165) is 25.1 Å². The minimum absolute atomic E-state index is 0.337. The smallest absolute Gasteiger partial charge is 0.333 e. The number of hydrogen-bond donors (Lipinski definition) is 1. The third-order valence-electron chi connectivity index (χ3n) is 2.74. The molecule has 0 aromatic carbocycles. The van der Waals surface area contributed by atoms with Crippen molar-refractivity contribution in [2.75, 3.05) is 13.1 Å². The second-order valence-electron chi connectivity index (χ2n) is 3.80. The Morgan fingerprint density at radius 1 is 1.56 bits per heavy atom. The van der Waals surface area contributed by atoms with Crippen molar-refractivity contribution in [3.63, 3.8) is 0 Å². The van der Waals surface area contributed by atoms with Crippen LogP contribution in [0.25, 0.3) is 5.57 Å². The standard InChI is InChI=1S/C11H13N3O2/c1-14-7-9(6-10(14)11(15)13-16)8-2-4-12-5-3-8/h2,6-7,12H,3-5H2,1H3. The summed E-state index contributed by atoms with van der Waals surface area (Å²) >= 11 is 0. The predicted molar refractivity (Wildman–Crippen MR) is 61.0 cm³/mol. The highest BCUT2D eigenvalue weighted by Gasteiger charge is 2.14. The van der Waals surface area contributed by atoms with Crippen LogP contribution < -0.4 is 5.32 Å². The number of nitroso groups, excluding NO2 is 1. The van der Waals surface area contributed by atoms with Crippen LogP contribution in [0.2, 0.25) is 0 Å². The fourth-order valence-corrected chi connectivity index (χ4v) is 1.88. The van der Waals surface area contributed by atoms with Gasteiger partial charge in [-0.15, -0.1) is 4.91 Å². The zero-order chi connectivity index (χ0) is 11.5. The van der Waals surface area contributed by atoms with Crippen molar-refractivity contribution < 1.29 is 4.79 Å². The maximum atomic E-state index is 11.2. The highest BCUT2D eigenvalue weighted by molar-refractivity contribution is 5.94. The first kappa shape index (κ1) is 10.8. The highest BCUT2D eigenvalue weighted by atomic mass is 16.3. The predicted octanol–water partition coefficient (Wildman–Crippen LogP) is 1.31. The molecule has 5 nitrogen and oxygen atoms in total. The van der Waals surface area contributed by atoms with Crippen LogP contribution in [0.5, 0.6) is 0 Å². The number of aryl methyl sites for hydroxylation is 1. The molecule has 0 radical (unpaired) electrons. The lowest BCUT2D eigenvalue weighted by molar-refractivity contribution is 0.0993. The molecule has 1 aliphatic rings. The molecule has 5 heteroatoms. The van der Waals surface area contributed by atoms with Crippen LogP contribution >= 0.6 is 0 Å². The Balaban J connectivity index is 2.33. The van der Waals surface area contributed by atoms with Gasteiger partial charge in [0, 0.05) is 25.0 Å². The summed E-state index contributed by atoms with van der Waals surface area (Å²) in [5, 5.41) is 5.66. The first-order valence-electron chi connectivity index (χ1n) is 5.16. The van der Waals surface area contributed by atoms with Gasteiger partial charge in [-0.1, -0.05) is 6.08 Å². The third-order valence-corrected chi connectivity index (χ3v) is 2.74. The molecule has 2 heterocycles. The Hall–Kier alpha value is -1.75.